The average molecular weight is 516 g/mol. The van der Waals surface area contributed by atoms with Crippen LogP contribution >= 0.6 is 22.6 Å². The van der Waals surface area contributed by atoms with Crippen molar-refractivity contribution in [2.75, 3.05) is 0 Å². The van der Waals surface area contributed by atoms with Gasteiger partial charge in [0.1, 0.15) is 11.2 Å². The first-order chi connectivity index (χ1) is 13.5. The summed E-state index contributed by atoms with van der Waals surface area (Å²) in [5.41, 5.74) is -0.609. The quantitative estimate of drug-likeness (QED) is 0.166. The van der Waals surface area contributed by atoms with Gasteiger partial charge in [-0.15, -0.1) is 0 Å². The maximum Gasteiger partial charge on any atom is 0.339 e. The average Bonchev–Trinajstić information content (AvgIpc) is 2.60. The fraction of sp³-hybridized carbons (Fsp3) is 0.667. The van der Waals surface area contributed by atoms with E-state index in [4.69, 9.17) is 9.47 Å². The number of carbonyl (C=O) groups is 2. The molecule has 0 fully saturated rings. The Labute approximate surface area is 190 Å². The van der Waals surface area contributed by atoms with Crippen LogP contribution in [0, 0.1) is 3.57 Å². The summed E-state index contributed by atoms with van der Waals surface area (Å²) in [5.74, 6) is -0.945. The number of carbonyl (C=O) groups excluding carboxylic acids is 2. The Bertz CT molecular complexity index is 679. The smallest absolute Gasteiger partial charge is 0.339 e. The maximum atomic E-state index is 12.9. The summed E-state index contributed by atoms with van der Waals surface area (Å²) in [6.07, 6.45) is 8.04. The van der Waals surface area contributed by atoms with Crippen LogP contribution in [0.4, 0.5) is 0 Å². The molecular formula is C24H37IO4. The zero-order chi connectivity index (χ0) is 22.1. The van der Waals surface area contributed by atoms with Gasteiger partial charge in [0.15, 0.2) is 0 Å². The van der Waals surface area contributed by atoms with E-state index < -0.39 is 23.1 Å². The van der Waals surface area contributed by atoms with Crippen molar-refractivity contribution in [3.8, 4) is 0 Å². The molecular weight excluding hydrogens is 479 g/mol. The van der Waals surface area contributed by atoms with E-state index in [0.29, 0.717) is 0 Å². The molecule has 0 saturated heterocycles. The zero-order valence-electron chi connectivity index (χ0n) is 18.9. The summed E-state index contributed by atoms with van der Waals surface area (Å²) in [7, 11) is 0. The largest absolute Gasteiger partial charge is 0.456 e. The highest BCUT2D eigenvalue weighted by Gasteiger charge is 2.29. The number of unbranched alkanes of at least 4 members (excludes halogenated alkanes) is 4. The lowest BCUT2D eigenvalue weighted by Crippen LogP contribution is -2.31. The highest BCUT2D eigenvalue weighted by atomic mass is 127. The Morgan fingerprint density at radius 2 is 1.24 bits per heavy atom. The van der Waals surface area contributed by atoms with Crippen molar-refractivity contribution in [1.82, 2.24) is 0 Å². The fourth-order valence-electron chi connectivity index (χ4n) is 3.18. The van der Waals surface area contributed by atoms with Gasteiger partial charge in [0, 0.05) is 3.57 Å². The van der Waals surface area contributed by atoms with Crippen LogP contribution in [0.25, 0.3) is 0 Å². The number of halogens is 1. The van der Waals surface area contributed by atoms with E-state index in [0.717, 1.165) is 54.9 Å². The molecule has 5 heteroatoms. The molecule has 1 aromatic carbocycles. The topological polar surface area (TPSA) is 52.6 Å². The minimum atomic E-state index is -0.575. The van der Waals surface area contributed by atoms with Crippen LogP contribution in [-0.2, 0) is 9.47 Å². The van der Waals surface area contributed by atoms with Gasteiger partial charge < -0.3 is 9.47 Å². The first-order valence-corrected chi connectivity index (χ1v) is 11.9. The zero-order valence-corrected chi connectivity index (χ0v) is 21.1. The van der Waals surface area contributed by atoms with Gasteiger partial charge in [0.25, 0.3) is 0 Å². The second-order valence-electron chi connectivity index (χ2n) is 8.90. The lowest BCUT2D eigenvalue weighted by atomic mass is 9.99. The molecule has 0 aliphatic carbocycles. The number of hydrogen-bond acceptors (Lipinski definition) is 4. The molecule has 0 bridgehead atoms. The molecule has 164 valence electrons. The highest BCUT2D eigenvalue weighted by molar-refractivity contribution is 14.1. The molecule has 0 radical (unpaired) electrons. The highest BCUT2D eigenvalue weighted by Crippen LogP contribution is 2.26. The van der Waals surface area contributed by atoms with E-state index in [1.54, 1.807) is 12.1 Å². The molecule has 0 heterocycles. The lowest BCUT2D eigenvalue weighted by molar-refractivity contribution is -0.0102. The van der Waals surface area contributed by atoms with Gasteiger partial charge in [0.2, 0.25) is 0 Å². The SMILES string of the molecule is CCCCCC(C)(C)OC(=O)c1ccc(I)cc1C(=O)OC(C)(C)CCCCC. The van der Waals surface area contributed by atoms with Crippen molar-refractivity contribution in [3.05, 3.63) is 32.9 Å². The van der Waals surface area contributed by atoms with E-state index in [9.17, 15) is 9.59 Å². The fourth-order valence-corrected chi connectivity index (χ4v) is 3.67. The Morgan fingerprint density at radius 3 is 1.69 bits per heavy atom. The van der Waals surface area contributed by atoms with E-state index in [2.05, 4.69) is 36.4 Å². The number of hydrogen-bond donors (Lipinski definition) is 0. The molecule has 0 aromatic heterocycles. The Balaban J connectivity index is 2.96. The van der Waals surface area contributed by atoms with Crippen LogP contribution in [0.2, 0.25) is 0 Å². The van der Waals surface area contributed by atoms with Crippen LogP contribution < -0.4 is 0 Å². The van der Waals surface area contributed by atoms with Crippen LogP contribution in [0.15, 0.2) is 18.2 Å². The van der Waals surface area contributed by atoms with Gasteiger partial charge >= 0.3 is 11.9 Å². The number of benzene rings is 1. The third kappa shape index (κ3) is 9.49. The molecule has 29 heavy (non-hydrogen) atoms. The lowest BCUT2D eigenvalue weighted by Gasteiger charge is -2.27. The number of rotatable bonds is 12. The molecule has 0 N–H and O–H groups in total. The predicted molar refractivity (Wildman–Crippen MR) is 126 cm³/mol. The molecule has 0 saturated carbocycles. The third-order valence-electron chi connectivity index (χ3n) is 4.92. The molecule has 0 amide bonds. The van der Waals surface area contributed by atoms with Gasteiger partial charge in [0.05, 0.1) is 11.1 Å². The van der Waals surface area contributed by atoms with E-state index in [1.807, 2.05) is 33.8 Å². The first kappa shape index (κ1) is 25.9. The van der Waals surface area contributed by atoms with Crippen molar-refractivity contribution in [2.24, 2.45) is 0 Å². The van der Waals surface area contributed by atoms with Crippen molar-refractivity contribution >= 4 is 34.5 Å². The molecule has 1 aromatic rings. The normalized spacial score (nSPS) is 12.0. The van der Waals surface area contributed by atoms with Crippen LogP contribution in [0.3, 0.4) is 0 Å². The summed E-state index contributed by atoms with van der Waals surface area (Å²) in [4.78, 5) is 25.8. The minimum absolute atomic E-state index is 0.267. The molecule has 1 rings (SSSR count). The van der Waals surface area contributed by atoms with Crippen LogP contribution in [-0.4, -0.2) is 23.1 Å². The summed E-state index contributed by atoms with van der Waals surface area (Å²) < 4.78 is 12.4. The second kappa shape index (κ2) is 11.9. The summed E-state index contributed by atoms with van der Waals surface area (Å²) in [5, 5.41) is 0. The first-order valence-electron chi connectivity index (χ1n) is 10.8. The predicted octanol–water partition coefficient (Wildman–Crippen LogP) is 7.32. The Morgan fingerprint density at radius 1 is 0.793 bits per heavy atom. The van der Waals surface area contributed by atoms with Gasteiger partial charge in [-0.1, -0.05) is 39.5 Å². The van der Waals surface area contributed by atoms with E-state index >= 15 is 0 Å². The van der Waals surface area contributed by atoms with Crippen LogP contribution in [0.5, 0.6) is 0 Å². The van der Waals surface area contributed by atoms with Crippen LogP contribution in [0.1, 0.15) is 114 Å². The van der Waals surface area contributed by atoms with Crippen molar-refractivity contribution < 1.29 is 19.1 Å². The third-order valence-corrected chi connectivity index (χ3v) is 5.60. The van der Waals surface area contributed by atoms with Crippen molar-refractivity contribution in [1.29, 1.82) is 0 Å². The second-order valence-corrected chi connectivity index (χ2v) is 10.1. The molecule has 4 nitrogen and oxygen atoms in total. The molecule has 0 spiro atoms. The molecule has 0 aliphatic rings. The Kier molecular flexibility index (Phi) is 10.7. The van der Waals surface area contributed by atoms with Crippen molar-refractivity contribution in [2.45, 2.75) is 104 Å². The molecule has 0 aliphatic heterocycles. The maximum absolute atomic E-state index is 12.9. The minimum Gasteiger partial charge on any atom is -0.456 e. The Hall–Kier alpha value is -1.11. The van der Waals surface area contributed by atoms with Crippen molar-refractivity contribution in [3.63, 3.8) is 0 Å². The van der Waals surface area contributed by atoms with Gasteiger partial charge in [-0.25, -0.2) is 9.59 Å². The van der Waals surface area contributed by atoms with Gasteiger partial charge in [-0.05, 0) is 94.2 Å². The summed E-state index contributed by atoms with van der Waals surface area (Å²) in [6, 6.07) is 5.17. The molecule has 0 unspecified atom stereocenters. The summed E-state index contributed by atoms with van der Waals surface area (Å²) in [6.45, 7) is 12.0. The standard InChI is InChI=1S/C24H37IO4/c1-7-9-11-15-23(3,4)28-21(26)19-14-13-18(25)17-20(19)22(27)29-24(5,6)16-12-10-8-2/h13-14,17H,7-12,15-16H2,1-6H3. The number of esters is 2. The van der Waals surface area contributed by atoms with E-state index in [-0.39, 0.29) is 11.1 Å². The van der Waals surface area contributed by atoms with Gasteiger partial charge in [-0.3, -0.25) is 0 Å². The number of ether oxygens (including phenoxy) is 2. The monoisotopic (exact) mass is 516 g/mol. The van der Waals surface area contributed by atoms with E-state index in [1.165, 1.54) is 0 Å². The molecule has 0 atom stereocenters. The summed E-state index contributed by atoms with van der Waals surface area (Å²) >= 11 is 2.13. The van der Waals surface area contributed by atoms with Gasteiger partial charge in [-0.2, -0.15) is 0 Å².